The van der Waals surface area contributed by atoms with Crippen molar-refractivity contribution in [1.82, 2.24) is 15.6 Å². The first-order valence-electron chi connectivity index (χ1n) is 9.93. The zero-order chi connectivity index (χ0) is 19.8. The van der Waals surface area contributed by atoms with Crippen molar-refractivity contribution in [2.45, 2.75) is 26.2 Å². The minimum absolute atomic E-state index is 0.278. The lowest BCUT2D eigenvalue weighted by Gasteiger charge is -2.15. The molecule has 0 bridgehead atoms. The highest BCUT2D eigenvalue weighted by Gasteiger charge is 2.11. The zero-order valence-electron chi connectivity index (χ0n) is 17.0. The van der Waals surface area contributed by atoms with E-state index in [0.29, 0.717) is 6.54 Å². The molecule has 28 heavy (non-hydrogen) atoms. The van der Waals surface area contributed by atoms with Crippen LogP contribution < -0.4 is 15.4 Å². The molecule has 3 N–H and O–H groups in total. The van der Waals surface area contributed by atoms with Crippen LogP contribution in [-0.2, 0) is 6.42 Å². The summed E-state index contributed by atoms with van der Waals surface area (Å²) in [6, 6.07) is 16.6. The van der Waals surface area contributed by atoms with Crippen LogP contribution in [0.4, 0.5) is 0 Å². The van der Waals surface area contributed by atoms with E-state index in [0.717, 1.165) is 31.2 Å². The maximum absolute atomic E-state index is 5.48. The summed E-state index contributed by atoms with van der Waals surface area (Å²) in [7, 11) is 1.71. The molecule has 0 aliphatic rings. The number of aromatic amines is 1. The summed E-state index contributed by atoms with van der Waals surface area (Å²) in [4.78, 5) is 8.11. The molecule has 148 valence electrons. The lowest BCUT2D eigenvalue weighted by Crippen LogP contribution is -2.38. The van der Waals surface area contributed by atoms with E-state index in [1.54, 1.807) is 7.11 Å². The van der Waals surface area contributed by atoms with Crippen LogP contribution in [0.25, 0.3) is 10.9 Å². The predicted octanol–water partition coefficient (Wildman–Crippen LogP) is 4.08. The van der Waals surface area contributed by atoms with Crippen molar-refractivity contribution in [3.05, 3.63) is 65.9 Å². The van der Waals surface area contributed by atoms with Gasteiger partial charge in [-0.25, -0.2) is 0 Å². The molecule has 0 amide bonds. The number of ether oxygens (including phenoxy) is 1. The van der Waals surface area contributed by atoms with Gasteiger partial charge in [0.2, 0.25) is 0 Å². The number of aliphatic imine (C=N–C) groups is 1. The fourth-order valence-corrected chi connectivity index (χ4v) is 3.40. The first kappa shape index (κ1) is 19.8. The monoisotopic (exact) mass is 378 g/mol. The Morgan fingerprint density at radius 1 is 1.11 bits per heavy atom. The number of aromatic nitrogens is 1. The van der Waals surface area contributed by atoms with Crippen LogP contribution in [0.3, 0.4) is 0 Å². The maximum atomic E-state index is 5.48. The Hall–Kier alpha value is -2.95. The third-order valence-electron chi connectivity index (χ3n) is 4.90. The van der Waals surface area contributed by atoms with Crippen molar-refractivity contribution in [2.24, 2.45) is 4.99 Å². The molecule has 3 aromatic rings. The molecule has 0 aliphatic carbocycles. The molecule has 1 atom stereocenters. The number of benzene rings is 2. The number of para-hydroxylation sites is 2. The van der Waals surface area contributed by atoms with Gasteiger partial charge in [-0.15, -0.1) is 0 Å². The number of hydrogen-bond donors (Lipinski definition) is 3. The molecule has 0 spiro atoms. The number of hydrogen-bond acceptors (Lipinski definition) is 2. The van der Waals surface area contributed by atoms with Gasteiger partial charge in [-0.05, 0) is 36.6 Å². The van der Waals surface area contributed by atoms with E-state index in [1.165, 1.54) is 22.0 Å². The fourth-order valence-electron chi connectivity index (χ4n) is 3.40. The first-order valence-corrected chi connectivity index (χ1v) is 9.93. The van der Waals surface area contributed by atoms with Gasteiger partial charge in [-0.3, -0.25) is 4.99 Å². The molecule has 2 aromatic carbocycles. The summed E-state index contributed by atoms with van der Waals surface area (Å²) in [5, 5.41) is 8.08. The number of nitrogens with one attached hydrogen (secondary N) is 3. The SMILES string of the molecule is CCNC(=NCC(C)c1ccccc1OC)NCCc1c[nH]c2ccccc12. The van der Waals surface area contributed by atoms with Gasteiger partial charge in [-0.2, -0.15) is 0 Å². The molecule has 3 rings (SSSR count). The number of nitrogens with zero attached hydrogens (tertiary/aromatic N) is 1. The summed E-state index contributed by atoms with van der Waals surface area (Å²) < 4.78 is 5.48. The summed E-state index contributed by atoms with van der Waals surface area (Å²) in [6.07, 6.45) is 3.04. The molecule has 1 aromatic heterocycles. The standard InChI is InChI=1S/C23H30N4O/c1-4-24-23(27-15-17(2)19-9-6-8-12-22(19)28-3)25-14-13-18-16-26-21-11-7-5-10-20(18)21/h5-12,16-17,26H,4,13-15H2,1-3H3,(H2,24,25,27). The average Bonchev–Trinajstić information content (AvgIpc) is 3.15. The van der Waals surface area contributed by atoms with Gasteiger partial charge in [0, 0.05) is 42.7 Å². The Kier molecular flexibility index (Phi) is 6.95. The molecule has 0 radical (unpaired) electrons. The smallest absolute Gasteiger partial charge is 0.191 e. The molecule has 0 aliphatic heterocycles. The van der Waals surface area contributed by atoms with E-state index in [2.05, 4.69) is 66.0 Å². The second-order valence-electron chi connectivity index (χ2n) is 6.90. The summed E-state index contributed by atoms with van der Waals surface area (Å²) >= 11 is 0. The van der Waals surface area contributed by atoms with Crippen molar-refractivity contribution >= 4 is 16.9 Å². The van der Waals surface area contributed by atoms with Crippen LogP contribution in [0.15, 0.2) is 59.7 Å². The highest BCUT2D eigenvalue weighted by Crippen LogP contribution is 2.26. The van der Waals surface area contributed by atoms with Gasteiger partial charge in [0.25, 0.3) is 0 Å². The summed E-state index contributed by atoms with van der Waals surface area (Å²) in [5.74, 6) is 2.05. The van der Waals surface area contributed by atoms with Crippen molar-refractivity contribution in [2.75, 3.05) is 26.7 Å². The quantitative estimate of drug-likeness (QED) is 0.409. The lowest BCUT2D eigenvalue weighted by atomic mass is 10.0. The molecule has 1 unspecified atom stereocenters. The molecule has 0 saturated heterocycles. The van der Waals surface area contributed by atoms with E-state index in [1.807, 2.05) is 18.2 Å². The van der Waals surface area contributed by atoms with Crippen molar-refractivity contribution < 1.29 is 4.74 Å². The number of rotatable bonds is 8. The fraction of sp³-hybridized carbons (Fsp3) is 0.348. The number of H-pyrrole nitrogens is 1. The highest BCUT2D eigenvalue weighted by atomic mass is 16.5. The van der Waals surface area contributed by atoms with Crippen molar-refractivity contribution in [3.8, 4) is 5.75 Å². The van der Waals surface area contributed by atoms with Gasteiger partial charge >= 0.3 is 0 Å². The van der Waals surface area contributed by atoms with E-state index < -0.39 is 0 Å². The van der Waals surface area contributed by atoms with E-state index >= 15 is 0 Å². The molecule has 0 fully saturated rings. The van der Waals surface area contributed by atoms with Gasteiger partial charge in [0.15, 0.2) is 5.96 Å². The van der Waals surface area contributed by atoms with Crippen molar-refractivity contribution in [1.29, 1.82) is 0 Å². The number of guanidine groups is 1. The molecule has 0 saturated carbocycles. The Balaban J connectivity index is 1.59. The number of fused-ring (bicyclic) bond motifs is 1. The van der Waals surface area contributed by atoms with Crippen LogP contribution in [-0.4, -0.2) is 37.7 Å². The molecular formula is C23H30N4O. The molecule has 1 heterocycles. The summed E-state index contributed by atoms with van der Waals surface area (Å²) in [5.41, 5.74) is 3.69. The van der Waals surface area contributed by atoms with Crippen LogP contribution in [0.2, 0.25) is 0 Å². The second kappa shape index (κ2) is 9.83. The topological polar surface area (TPSA) is 61.4 Å². The normalized spacial score (nSPS) is 12.8. The lowest BCUT2D eigenvalue weighted by molar-refractivity contribution is 0.407. The average molecular weight is 379 g/mol. The highest BCUT2D eigenvalue weighted by molar-refractivity contribution is 5.83. The zero-order valence-corrected chi connectivity index (χ0v) is 17.0. The van der Waals surface area contributed by atoms with Gasteiger partial charge in [-0.1, -0.05) is 43.3 Å². The van der Waals surface area contributed by atoms with Gasteiger partial charge < -0.3 is 20.4 Å². The second-order valence-corrected chi connectivity index (χ2v) is 6.90. The first-order chi connectivity index (χ1) is 13.7. The van der Waals surface area contributed by atoms with Crippen LogP contribution in [0, 0.1) is 0 Å². The Bertz CT molecular complexity index is 916. The largest absolute Gasteiger partial charge is 0.496 e. The van der Waals surface area contributed by atoms with Gasteiger partial charge in [0.05, 0.1) is 7.11 Å². The summed E-state index contributed by atoms with van der Waals surface area (Å²) in [6.45, 7) is 6.62. The van der Waals surface area contributed by atoms with Gasteiger partial charge in [0.1, 0.15) is 5.75 Å². The van der Waals surface area contributed by atoms with E-state index in [9.17, 15) is 0 Å². The maximum Gasteiger partial charge on any atom is 0.191 e. The minimum atomic E-state index is 0.278. The third-order valence-corrected chi connectivity index (χ3v) is 4.90. The molecule has 5 heteroatoms. The number of methoxy groups -OCH3 is 1. The van der Waals surface area contributed by atoms with E-state index in [-0.39, 0.29) is 5.92 Å². The predicted molar refractivity (Wildman–Crippen MR) is 117 cm³/mol. The Morgan fingerprint density at radius 2 is 1.89 bits per heavy atom. The minimum Gasteiger partial charge on any atom is -0.496 e. The third kappa shape index (κ3) is 4.85. The Morgan fingerprint density at radius 3 is 2.71 bits per heavy atom. The molecular weight excluding hydrogens is 348 g/mol. The Labute approximate surface area is 167 Å². The van der Waals surface area contributed by atoms with E-state index in [4.69, 9.17) is 9.73 Å². The van der Waals surface area contributed by atoms with Crippen LogP contribution in [0.1, 0.15) is 30.9 Å². The van der Waals surface area contributed by atoms with Crippen LogP contribution in [0.5, 0.6) is 5.75 Å². The van der Waals surface area contributed by atoms with Crippen LogP contribution >= 0.6 is 0 Å². The van der Waals surface area contributed by atoms with Crippen molar-refractivity contribution in [3.63, 3.8) is 0 Å². The molecule has 5 nitrogen and oxygen atoms in total.